The predicted octanol–water partition coefficient (Wildman–Crippen LogP) is 1.09. The molecule has 4 heteroatoms. The molecule has 0 amide bonds. The molecule has 3 nitrogen and oxygen atoms in total. The van der Waals surface area contributed by atoms with Gasteiger partial charge in [-0.2, -0.15) is 0 Å². The SMILES string of the molecule is COc1ccc(F)cc1C#CCN1CCNCC1. The number of hydrogen-bond donors (Lipinski definition) is 1. The molecule has 2 rings (SSSR count). The number of nitrogens with one attached hydrogen (secondary N) is 1. The van der Waals surface area contributed by atoms with E-state index in [9.17, 15) is 4.39 Å². The Hall–Kier alpha value is -1.57. The molecule has 96 valence electrons. The lowest BCUT2D eigenvalue weighted by Gasteiger charge is -2.24. The topological polar surface area (TPSA) is 24.5 Å². The Kier molecular flexibility index (Phi) is 4.57. The summed E-state index contributed by atoms with van der Waals surface area (Å²) in [4.78, 5) is 2.27. The van der Waals surface area contributed by atoms with Crippen LogP contribution in [0.15, 0.2) is 18.2 Å². The van der Waals surface area contributed by atoms with Gasteiger partial charge < -0.3 is 10.1 Å². The van der Waals surface area contributed by atoms with E-state index in [1.54, 1.807) is 13.2 Å². The molecule has 0 radical (unpaired) electrons. The Bertz CT molecular complexity index is 459. The van der Waals surface area contributed by atoms with Crippen molar-refractivity contribution in [2.75, 3.05) is 39.8 Å². The van der Waals surface area contributed by atoms with Gasteiger partial charge in [0, 0.05) is 26.2 Å². The number of methoxy groups -OCH3 is 1. The monoisotopic (exact) mass is 248 g/mol. The number of ether oxygens (including phenoxy) is 1. The molecule has 0 bridgehead atoms. The van der Waals surface area contributed by atoms with Gasteiger partial charge in [0.15, 0.2) is 0 Å². The van der Waals surface area contributed by atoms with Crippen LogP contribution in [0.5, 0.6) is 5.75 Å². The Morgan fingerprint density at radius 2 is 2.17 bits per heavy atom. The fourth-order valence-corrected chi connectivity index (χ4v) is 1.89. The average Bonchev–Trinajstić information content (AvgIpc) is 2.40. The zero-order chi connectivity index (χ0) is 12.8. The van der Waals surface area contributed by atoms with Gasteiger partial charge in [-0.05, 0) is 18.2 Å². The van der Waals surface area contributed by atoms with Gasteiger partial charge in [-0.15, -0.1) is 0 Å². The first-order valence-corrected chi connectivity index (χ1v) is 6.05. The molecular weight excluding hydrogens is 231 g/mol. The van der Waals surface area contributed by atoms with Crippen LogP contribution in [0.2, 0.25) is 0 Å². The van der Waals surface area contributed by atoms with Crippen molar-refractivity contribution in [1.82, 2.24) is 10.2 Å². The van der Waals surface area contributed by atoms with Crippen molar-refractivity contribution in [1.29, 1.82) is 0 Å². The number of hydrogen-bond acceptors (Lipinski definition) is 3. The molecule has 0 unspecified atom stereocenters. The molecule has 1 aromatic carbocycles. The van der Waals surface area contributed by atoms with Gasteiger partial charge in [-0.3, -0.25) is 4.90 Å². The third-order valence-electron chi connectivity index (χ3n) is 2.90. The van der Waals surface area contributed by atoms with E-state index < -0.39 is 0 Å². The largest absolute Gasteiger partial charge is 0.495 e. The van der Waals surface area contributed by atoms with Crippen LogP contribution in [0.4, 0.5) is 4.39 Å². The highest BCUT2D eigenvalue weighted by molar-refractivity contribution is 5.46. The highest BCUT2D eigenvalue weighted by atomic mass is 19.1. The van der Waals surface area contributed by atoms with Crippen LogP contribution in [-0.4, -0.2) is 44.7 Å². The first-order valence-electron chi connectivity index (χ1n) is 6.05. The summed E-state index contributed by atoms with van der Waals surface area (Å²) < 4.78 is 18.3. The van der Waals surface area contributed by atoms with Crippen molar-refractivity contribution in [2.24, 2.45) is 0 Å². The van der Waals surface area contributed by atoms with Gasteiger partial charge in [0.1, 0.15) is 11.6 Å². The molecule has 1 heterocycles. The lowest BCUT2D eigenvalue weighted by atomic mass is 10.2. The van der Waals surface area contributed by atoms with Gasteiger partial charge in [-0.25, -0.2) is 4.39 Å². The second kappa shape index (κ2) is 6.39. The summed E-state index contributed by atoms with van der Waals surface area (Å²) in [5.41, 5.74) is 0.604. The molecule has 1 saturated heterocycles. The van der Waals surface area contributed by atoms with Crippen LogP contribution >= 0.6 is 0 Å². The number of rotatable bonds is 2. The molecule has 18 heavy (non-hydrogen) atoms. The molecular formula is C14H17FN2O. The number of halogens is 1. The molecule has 0 aromatic heterocycles. The number of benzene rings is 1. The first kappa shape index (κ1) is 12.9. The maximum atomic E-state index is 13.1. The normalized spacial score (nSPS) is 15.9. The fourth-order valence-electron chi connectivity index (χ4n) is 1.89. The molecule has 1 aliphatic rings. The van der Waals surface area contributed by atoms with Crippen molar-refractivity contribution in [3.05, 3.63) is 29.6 Å². The molecule has 1 N–H and O–H groups in total. The molecule has 0 aliphatic carbocycles. The minimum atomic E-state index is -0.290. The summed E-state index contributed by atoms with van der Waals surface area (Å²) in [5.74, 6) is 6.38. The molecule has 0 spiro atoms. The Morgan fingerprint density at radius 3 is 2.89 bits per heavy atom. The van der Waals surface area contributed by atoms with Crippen molar-refractivity contribution >= 4 is 0 Å². The Labute approximate surface area is 107 Å². The highest BCUT2D eigenvalue weighted by Gasteiger charge is 2.07. The van der Waals surface area contributed by atoms with E-state index in [4.69, 9.17) is 4.74 Å². The average molecular weight is 248 g/mol. The molecule has 1 fully saturated rings. The first-order chi connectivity index (χ1) is 8.79. The minimum absolute atomic E-state index is 0.290. The quantitative estimate of drug-likeness (QED) is 0.793. The summed E-state index contributed by atoms with van der Waals surface area (Å²) >= 11 is 0. The van der Waals surface area contributed by atoms with Crippen LogP contribution < -0.4 is 10.1 Å². The lowest BCUT2D eigenvalue weighted by molar-refractivity contribution is 0.268. The van der Waals surface area contributed by atoms with Crippen LogP contribution in [-0.2, 0) is 0 Å². The Morgan fingerprint density at radius 1 is 1.39 bits per heavy atom. The smallest absolute Gasteiger partial charge is 0.134 e. The van der Waals surface area contributed by atoms with Crippen LogP contribution in [0.25, 0.3) is 0 Å². The minimum Gasteiger partial charge on any atom is -0.495 e. The maximum Gasteiger partial charge on any atom is 0.134 e. The van der Waals surface area contributed by atoms with Crippen LogP contribution in [0.1, 0.15) is 5.56 Å². The van der Waals surface area contributed by atoms with Crippen LogP contribution in [0, 0.1) is 17.7 Å². The number of piperazine rings is 1. The van der Waals surface area contributed by atoms with E-state index in [2.05, 4.69) is 22.1 Å². The van der Waals surface area contributed by atoms with Crippen LogP contribution in [0.3, 0.4) is 0 Å². The summed E-state index contributed by atoms with van der Waals surface area (Å²) in [6.07, 6.45) is 0. The maximum absolute atomic E-state index is 13.1. The van der Waals surface area contributed by atoms with Gasteiger partial charge in [0.25, 0.3) is 0 Å². The zero-order valence-electron chi connectivity index (χ0n) is 10.5. The van der Waals surface area contributed by atoms with E-state index in [0.717, 1.165) is 26.2 Å². The third-order valence-corrected chi connectivity index (χ3v) is 2.90. The van der Waals surface area contributed by atoms with Crippen molar-refractivity contribution in [3.8, 4) is 17.6 Å². The third kappa shape index (κ3) is 3.46. The zero-order valence-corrected chi connectivity index (χ0v) is 10.5. The van der Waals surface area contributed by atoms with Crippen molar-refractivity contribution in [3.63, 3.8) is 0 Å². The van der Waals surface area contributed by atoms with E-state index in [0.29, 0.717) is 17.9 Å². The summed E-state index contributed by atoms with van der Waals surface area (Å²) in [6.45, 7) is 4.74. The molecule has 1 aliphatic heterocycles. The predicted molar refractivity (Wildman–Crippen MR) is 69.1 cm³/mol. The summed E-state index contributed by atoms with van der Waals surface area (Å²) in [5, 5.41) is 3.29. The van der Waals surface area contributed by atoms with Gasteiger partial charge in [0.05, 0.1) is 19.2 Å². The molecule has 0 saturated carbocycles. The summed E-state index contributed by atoms with van der Waals surface area (Å²) in [6, 6.07) is 4.38. The van der Waals surface area contributed by atoms with Gasteiger partial charge in [-0.1, -0.05) is 11.8 Å². The van der Waals surface area contributed by atoms with E-state index in [1.165, 1.54) is 12.1 Å². The standard InChI is InChI=1S/C14H17FN2O/c1-18-14-5-4-13(15)11-12(14)3-2-8-17-9-6-16-7-10-17/h4-5,11,16H,6-10H2,1H3. The molecule has 0 atom stereocenters. The van der Waals surface area contributed by atoms with Crippen molar-refractivity contribution in [2.45, 2.75) is 0 Å². The fraction of sp³-hybridized carbons (Fsp3) is 0.429. The Balaban J connectivity index is 2.02. The lowest BCUT2D eigenvalue weighted by Crippen LogP contribution is -2.43. The van der Waals surface area contributed by atoms with Gasteiger partial charge in [0.2, 0.25) is 0 Å². The van der Waals surface area contributed by atoms with E-state index >= 15 is 0 Å². The van der Waals surface area contributed by atoms with Gasteiger partial charge >= 0.3 is 0 Å². The second-order valence-corrected chi connectivity index (χ2v) is 4.17. The highest BCUT2D eigenvalue weighted by Crippen LogP contribution is 2.17. The van der Waals surface area contributed by atoms with E-state index in [1.807, 2.05) is 0 Å². The number of nitrogens with zero attached hydrogens (tertiary/aromatic N) is 1. The van der Waals surface area contributed by atoms with E-state index in [-0.39, 0.29) is 5.82 Å². The summed E-state index contributed by atoms with van der Waals surface area (Å²) in [7, 11) is 1.56. The second-order valence-electron chi connectivity index (χ2n) is 4.17. The van der Waals surface area contributed by atoms with Crippen molar-refractivity contribution < 1.29 is 9.13 Å². The molecule has 1 aromatic rings.